The van der Waals surface area contributed by atoms with Crippen molar-refractivity contribution < 1.29 is 18.7 Å². The molecule has 1 aromatic carbocycles. The molecule has 6 heteroatoms. The highest BCUT2D eigenvalue weighted by Crippen LogP contribution is 2.30. The third-order valence-corrected chi connectivity index (χ3v) is 3.60. The molecule has 1 aromatic heterocycles. The lowest BCUT2D eigenvalue weighted by molar-refractivity contribution is 0.171. The van der Waals surface area contributed by atoms with Gasteiger partial charge in [-0.05, 0) is 43.7 Å². The molecule has 0 saturated heterocycles. The molecule has 0 fully saturated rings. The number of ether oxygens (including phenoxy) is 2. The van der Waals surface area contributed by atoms with Gasteiger partial charge in [0.2, 0.25) is 0 Å². The third-order valence-electron chi connectivity index (χ3n) is 3.60. The molecule has 0 unspecified atom stereocenters. The van der Waals surface area contributed by atoms with Crippen molar-refractivity contribution in [2.75, 3.05) is 13.2 Å². The maximum absolute atomic E-state index is 12.0. The number of amides is 2. The fourth-order valence-corrected chi connectivity index (χ4v) is 2.39. The lowest BCUT2D eigenvalue weighted by atomic mass is 10.2. The fourth-order valence-electron chi connectivity index (χ4n) is 2.39. The molecule has 2 heterocycles. The predicted octanol–water partition coefficient (Wildman–Crippen LogP) is 2.92. The predicted molar refractivity (Wildman–Crippen MR) is 84.7 cm³/mol. The van der Waals surface area contributed by atoms with E-state index in [0.717, 1.165) is 28.6 Å². The van der Waals surface area contributed by atoms with Crippen LogP contribution in [0.4, 0.5) is 4.79 Å². The third kappa shape index (κ3) is 3.77. The molecule has 0 spiro atoms. The molecule has 0 aliphatic carbocycles. The molecule has 1 atom stereocenters. The van der Waals surface area contributed by atoms with Gasteiger partial charge in [-0.25, -0.2) is 4.79 Å². The molecule has 1 aliphatic rings. The molecule has 122 valence electrons. The normalized spacial score (nSPS) is 14.2. The number of benzene rings is 1. The summed E-state index contributed by atoms with van der Waals surface area (Å²) in [6.07, 6.45) is 0. The Kier molecular flexibility index (Phi) is 4.41. The summed E-state index contributed by atoms with van der Waals surface area (Å²) in [6.45, 7) is 5.27. The van der Waals surface area contributed by atoms with Crippen LogP contribution in [0.15, 0.2) is 34.7 Å². The second kappa shape index (κ2) is 6.64. The smallest absolute Gasteiger partial charge is 0.315 e. The van der Waals surface area contributed by atoms with Gasteiger partial charge in [-0.3, -0.25) is 0 Å². The van der Waals surface area contributed by atoms with Crippen LogP contribution in [0.25, 0.3) is 0 Å². The minimum Gasteiger partial charge on any atom is -0.486 e. The molecule has 3 rings (SSSR count). The number of nitrogens with one attached hydrogen (secondary N) is 2. The SMILES string of the molecule is Cc1ccc([C@@H](C)NC(=O)NCc2ccc3c(c2)OCCO3)o1. The van der Waals surface area contributed by atoms with E-state index < -0.39 is 0 Å². The zero-order valence-electron chi connectivity index (χ0n) is 13.2. The van der Waals surface area contributed by atoms with E-state index in [9.17, 15) is 4.79 Å². The largest absolute Gasteiger partial charge is 0.486 e. The van der Waals surface area contributed by atoms with Gasteiger partial charge in [-0.2, -0.15) is 0 Å². The molecule has 2 N–H and O–H groups in total. The van der Waals surface area contributed by atoms with Crippen molar-refractivity contribution in [3.05, 3.63) is 47.4 Å². The van der Waals surface area contributed by atoms with Crippen LogP contribution in [0.5, 0.6) is 11.5 Å². The van der Waals surface area contributed by atoms with E-state index in [1.165, 1.54) is 0 Å². The highest BCUT2D eigenvalue weighted by atomic mass is 16.6. The number of fused-ring (bicyclic) bond motifs is 1. The van der Waals surface area contributed by atoms with Gasteiger partial charge in [-0.15, -0.1) is 0 Å². The summed E-state index contributed by atoms with van der Waals surface area (Å²) in [5, 5.41) is 5.67. The number of hydrogen-bond acceptors (Lipinski definition) is 4. The number of carbonyl (C=O) groups excluding carboxylic acids is 1. The van der Waals surface area contributed by atoms with Crippen LogP contribution < -0.4 is 20.1 Å². The van der Waals surface area contributed by atoms with E-state index in [4.69, 9.17) is 13.9 Å². The van der Waals surface area contributed by atoms with Crippen LogP contribution in [0.1, 0.15) is 30.0 Å². The van der Waals surface area contributed by atoms with Crippen molar-refractivity contribution in [3.8, 4) is 11.5 Å². The van der Waals surface area contributed by atoms with Crippen LogP contribution >= 0.6 is 0 Å². The molecular formula is C17H20N2O4. The average Bonchev–Trinajstić information content (AvgIpc) is 2.99. The van der Waals surface area contributed by atoms with Gasteiger partial charge in [0, 0.05) is 6.54 Å². The highest BCUT2D eigenvalue weighted by Gasteiger charge is 2.14. The number of hydrogen-bond donors (Lipinski definition) is 2. The first-order valence-corrected chi connectivity index (χ1v) is 7.61. The Balaban J connectivity index is 1.52. The van der Waals surface area contributed by atoms with Gasteiger partial charge in [0.15, 0.2) is 11.5 Å². The molecule has 0 bridgehead atoms. The first kappa shape index (κ1) is 15.3. The molecule has 1 aliphatic heterocycles. The van der Waals surface area contributed by atoms with Crippen molar-refractivity contribution in [2.24, 2.45) is 0 Å². The van der Waals surface area contributed by atoms with Crippen molar-refractivity contribution in [1.29, 1.82) is 0 Å². The summed E-state index contributed by atoms with van der Waals surface area (Å²) >= 11 is 0. The summed E-state index contributed by atoms with van der Waals surface area (Å²) in [5.74, 6) is 3.02. The zero-order chi connectivity index (χ0) is 16.2. The van der Waals surface area contributed by atoms with E-state index in [1.807, 2.05) is 44.2 Å². The standard InChI is InChI=1S/C17H20N2O4/c1-11-3-5-14(23-11)12(2)19-17(20)18-10-13-4-6-15-16(9-13)22-8-7-21-15/h3-6,9,12H,7-8,10H2,1-2H3,(H2,18,19,20)/t12-/m1/s1. The molecular weight excluding hydrogens is 296 g/mol. The molecule has 6 nitrogen and oxygen atoms in total. The Morgan fingerprint density at radius 2 is 1.96 bits per heavy atom. The molecule has 0 radical (unpaired) electrons. The van der Waals surface area contributed by atoms with E-state index in [0.29, 0.717) is 19.8 Å². The Hall–Kier alpha value is -2.63. The Morgan fingerprint density at radius 1 is 1.17 bits per heavy atom. The summed E-state index contributed by atoms with van der Waals surface area (Å²) in [7, 11) is 0. The van der Waals surface area contributed by atoms with Gasteiger partial charge in [0.25, 0.3) is 0 Å². The summed E-state index contributed by atoms with van der Waals surface area (Å²) in [6, 6.07) is 8.95. The second-order valence-electron chi connectivity index (χ2n) is 5.48. The number of rotatable bonds is 4. The van der Waals surface area contributed by atoms with Crippen molar-refractivity contribution in [2.45, 2.75) is 26.4 Å². The zero-order valence-corrected chi connectivity index (χ0v) is 13.2. The van der Waals surface area contributed by atoms with Crippen LogP contribution in [0.2, 0.25) is 0 Å². The van der Waals surface area contributed by atoms with Gasteiger partial charge >= 0.3 is 6.03 Å². The summed E-state index contributed by atoms with van der Waals surface area (Å²) < 4.78 is 16.5. The monoisotopic (exact) mass is 316 g/mol. The van der Waals surface area contributed by atoms with E-state index in [2.05, 4.69) is 10.6 Å². The first-order valence-electron chi connectivity index (χ1n) is 7.61. The van der Waals surface area contributed by atoms with Gasteiger partial charge in [0.05, 0.1) is 6.04 Å². The van der Waals surface area contributed by atoms with Gasteiger partial charge in [0.1, 0.15) is 24.7 Å². The van der Waals surface area contributed by atoms with Crippen molar-refractivity contribution in [3.63, 3.8) is 0 Å². The number of furan rings is 1. The minimum absolute atomic E-state index is 0.191. The topological polar surface area (TPSA) is 72.7 Å². The lowest BCUT2D eigenvalue weighted by Crippen LogP contribution is -2.36. The van der Waals surface area contributed by atoms with E-state index >= 15 is 0 Å². The number of carbonyl (C=O) groups is 1. The number of urea groups is 1. The van der Waals surface area contributed by atoms with Gasteiger partial charge in [-0.1, -0.05) is 6.07 Å². The Morgan fingerprint density at radius 3 is 2.70 bits per heavy atom. The molecule has 0 saturated carbocycles. The maximum atomic E-state index is 12.0. The average molecular weight is 316 g/mol. The second-order valence-corrected chi connectivity index (χ2v) is 5.48. The van der Waals surface area contributed by atoms with E-state index in [-0.39, 0.29) is 12.1 Å². The Labute approximate surface area is 134 Å². The van der Waals surface area contributed by atoms with Crippen LogP contribution in [-0.2, 0) is 6.54 Å². The highest BCUT2D eigenvalue weighted by molar-refractivity contribution is 5.74. The van der Waals surface area contributed by atoms with Crippen molar-refractivity contribution in [1.82, 2.24) is 10.6 Å². The van der Waals surface area contributed by atoms with Crippen molar-refractivity contribution >= 4 is 6.03 Å². The van der Waals surface area contributed by atoms with Gasteiger partial charge < -0.3 is 24.5 Å². The van der Waals surface area contributed by atoms with Crippen LogP contribution in [0.3, 0.4) is 0 Å². The van der Waals surface area contributed by atoms with Crippen LogP contribution in [-0.4, -0.2) is 19.2 Å². The fraction of sp³-hybridized carbons (Fsp3) is 0.353. The first-order chi connectivity index (χ1) is 11.1. The summed E-state index contributed by atoms with van der Waals surface area (Å²) in [4.78, 5) is 12.0. The molecule has 2 aromatic rings. The van der Waals surface area contributed by atoms with E-state index in [1.54, 1.807) is 0 Å². The Bertz CT molecular complexity index is 696. The molecule has 23 heavy (non-hydrogen) atoms. The lowest BCUT2D eigenvalue weighted by Gasteiger charge is -2.19. The minimum atomic E-state index is -0.249. The van der Waals surface area contributed by atoms with Crippen LogP contribution in [0, 0.1) is 6.92 Å². The quantitative estimate of drug-likeness (QED) is 0.909. The molecule has 2 amide bonds. The number of aryl methyl sites for hydroxylation is 1. The summed E-state index contributed by atoms with van der Waals surface area (Å²) in [5.41, 5.74) is 0.950. The maximum Gasteiger partial charge on any atom is 0.315 e.